The zero-order valence-electron chi connectivity index (χ0n) is 12.5. The van der Waals surface area contributed by atoms with Gasteiger partial charge >= 0.3 is 0 Å². The van der Waals surface area contributed by atoms with Crippen LogP contribution in [0, 0.1) is 13.8 Å². The Kier molecular flexibility index (Phi) is 3.66. The third-order valence-corrected chi connectivity index (χ3v) is 3.48. The molecule has 100 valence electrons. The summed E-state index contributed by atoms with van der Waals surface area (Å²) in [4.78, 5) is 0. The molecule has 0 unspecified atom stereocenters. The molecule has 0 amide bonds. The van der Waals surface area contributed by atoms with Crippen LogP contribution in [0.3, 0.4) is 0 Å². The first-order valence-corrected chi connectivity index (χ1v) is 6.82. The number of nitrogens with one attached hydrogen (secondary N) is 1. The second-order valence-electron chi connectivity index (χ2n) is 6.22. The molecule has 1 nitrogen and oxygen atoms in total. The monoisotopic (exact) mass is 253 g/mol. The van der Waals surface area contributed by atoms with Gasteiger partial charge in [0, 0.05) is 11.4 Å². The van der Waals surface area contributed by atoms with Crippen molar-refractivity contribution in [2.45, 2.75) is 40.0 Å². The summed E-state index contributed by atoms with van der Waals surface area (Å²) in [6, 6.07) is 15.1. The molecule has 0 aromatic heterocycles. The van der Waals surface area contributed by atoms with Gasteiger partial charge in [0.05, 0.1) is 0 Å². The first-order valence-electron chi connectivity index (χ1n) is 6.82. The second kappa shape index (κ2) is 5.08. The first kappa shape index (κ1) is 13.7. The fourth-order valence-electron chi connectivity index (χ4n) is 2.22. The summed E-state index contributed by atoms with van der Waals surface area (Å²) in [6.07, 6.45) is 0. The summed E-state index contributed by atoms with van der Waals surface area (Å²) in [7, 11) is 0. The average molecular weight is 253 g/mol. The molecule has 0 heterocycles. The number of aryl methyl sites for hydroxylation is 2. The van der Waals surface area contributed by atoms with E-state index in [4.69, 9.17) is 0 Å². The average Bonchev–Trinajstić information content (AvgIpc) is 2.33. The lowest BCUT2D eigenvalue weighted by Crippen LogP contribution is -2.11. The summed E-state index contributed by atoms with van der Waals surface area (Å²) >= 11 is 0. The second-order valence-corrected chi connectivity index (χ2v) is 6.22. The van der Waals surface area contributed by atoms with Crippen molar-refractivity contribution in [3.8, 4) is 0 Å². The summed E-state index contributed by atoms with van der Waals surface area (Å²) in [5, 5.41) is 3.55. The van der Waals surface area contributed by atoms with Crippen LogP contribution in [0.4, 0.5) is 11.4 Å². The predicted molar refractivity (Wildman–Crippen MR) is 84.3 cm³/mol. The van der Waals surface area contributed by atoms with Gasteiger partial charge in [0.15, 0.2) is 0 Å². The van der Waals surface area contributed by atoms with Crippen LogP contribution in [0.15, 0.2) is 42.5 Å². The molecule has 0 fully saturated rings. The van der Waals surface area contributed by atoms with Crippen molar-refractivity contribution in [3.05, 3.63) is 59.2 Å². The molecular formula is C18H23N. The van der Waals surface area contributed by atoms with E-state index in [2.05, 4.69) is 82.4 Å². The highest BCUT2D eigenvalue weighted by Crippen LogP contribution is 2.28. The van der Waals surface area contributed by atoms with Gasteiger partial charge in [-0.25, -0.2) is 0 Å². The van der Waals surface area contributed by atoms with E-state index in [0.717, 1.165) is 5.69 Å². The maximum absolute atomic E-state index is 3.55. The molecule has 0 atom stereocenters. The third kappa shape index (κ3) is 3.17. The molecule has 1 N–H and O–H groups in total. The maximum Gasteiger partial charge on any atom is 0.0443 e. The van der Waals surface area contributed by atoms with Gasteiger partial charge in [-0.1, -0.05) is 51.1 Å². The van der Waals surface area contributed by atoms with Crippen LogP contribution in [0.1, 0.15) is 37.5 Å². The van der Waals surface area contributed by atoms with Crippen LogP contribution in [0.2, 0.25) is 0 Å². The topological polar surface area (TPSA) is 12.0 Å². The van der Waals surface area contributed by atoms with E-state index < -0.39 is 0 Å². The van der Waals surface area contributed by atoms with Crippen molar-refractivity contribution in [3.63, 3.8) is 0 Å². The highest BCUT2D eigenvalue weighted by molar-refractivity contribution is 5.67. The quantitative estimate of drug-likeness (QED) is 0.761. The van der Waals surface area contributed by atoms with Crippen molar-refractivity contribution < 1.29 is 0 Å². The van der Waals surface area contributed by atoms with E-state index in [1.807, 2.05) is 0 Å². The Bertz CT molecular complexity index is 556. The smallest absolute Gasteiger partial charge is 0.0443 e. The Labute approximate surface area is 116 Å². The van der Waals surface area contributed by atoms with E-state index >= 15 is 0 Å². The summed E-state index contributed by atoms with van der Waals surface area (Å²) < 4.78 is 0. The van der Waals surface area contributed by atoms with Gasteiger partial charge in [-0.2, -0.15) is 0 Å². The highest BCUT2D eigenvalue weighted by Gasteiger charge is 2.13. The van der Waals surface area contributed by atoms with Crippen LogP contribution in [-0.4, -0.2) is 0 Å². The highest BCUT2D eigenvalue weighted by atomic mass is 14.9. The van der Waals surface area contributed by atoms with Crippen LogP contribution in [0.5, 0.6) is 0 Å². The van der Waals surface area contributed by atoms with Gasteiger partial charge in [-0.15, -0.1) is 0 Å². The molecular weight excluding hydrogens is 230 g/mol. The van der Waals surface area contributed by atoms with Gasteiger partial charge in [0.1, 0.15) is 0 Å². The molecule has 0 aliphatic carbocycles. The molecule has 2 aromatic carbocycles. The van der Waals surface area contributed by atoms with E-state index in [9.17, 15) is 0 Å². The van der Waals surface area contributed by atoms with Crippen molar-refractivity contribution in [1.29, 1.82) is 0 Å². The number of hydrogen-bond donors (Lipinski definition) is 1. The fraction of sp³-hybridized carbons (Fsp3) is 0.333. The minimum absolute atomic E-state index is 0.179. The van der Waals surface area contributed by atoms with Gasteiger partial charge in [0.2, 0.25) is 0 Å². The number of rotatable bonds is 2. The molecule has 2 rings (SSSR count). The molecule has 0 aliphatic rings. The molecule has 19 heavy (non-hydrogen) atoms. The number of benzene rings is 2. The number of anilines is 2. The van der Waals surface area contributed by atoms with Gasteiger partial charge in [-0.05, 0) is 48.1 Å². The summed E-state index contributed by atoms with van der Waals surface area (Å²) in [5.74, 6) is 0. The largest absolute Gasteiger partial charge is 0.355 e. The molecule has 1 heteroatoms. The minimum atomic E-state index is 0.179. The molecule has 2 aromatic rings. The molecule has 0 radical (unpaired) electrons. The van der Waals surface area contributed by atoms with E-state index in [0.29, 0.717) is 0 Å². The SMILES string of the molecule is Cc1cccc(C)c1Nc1cccc(C(C)(C)C)c1. The Morgan fingerprint density at radius 1 is 0.842 bits per heavy atom. The van der Waals surface area contributed by atoms with Crippen LogP contribution in [0.25, 0.3) is 0 Å². The molecule has 0 spiro atoms. The zero-order chi connectivity index (χ0) is 14.0. The normalized spacial score (nSPS) is 11.4. The number of hydrogen-bond acceptors (Lipinski definition) is 1. The first-order chi connectivity index (χ1) is 8.88. The van der Waals surface area contributed by atoms with E-state index in [1.54, 1.807) is 0 Å². The Balaban J connectivity index is 2.34. The van der Waals surface area contributed by atoms with E-state index in [-0.39, 0.29) is 5.41 Å². The van der Waals surface area contributed by atoms with Crippen molar-refractivity contribution in [2.75, 3.05) is 5.32 Å². The summed E-state index contributed by atoms with van der Waals surface area (Å²) in [6.45, 7) is 11.0. The third-order valence-electron chi connectivity index (χ3n) is 3.48. The molecule has 0 aliphatic heterocycles. The van der Waals surface area contributed by atoms with Crippen LogP contribution in [-0.2, 0) is 5.41 Å². The fourth-order valence-corrected chi connectivity index (χ4v) is 2.22. The zero-order valence-corrected chi connectivity index (χ0v) is 12.5. The number of para-hydroxylation sites is 1. The maximum atomic E-state index is 3.55. The lowest BCUT2D eigenvalue weighted by atomic mass is 9.87. The van der Waals surface area contributed by atoms with E-state index in [1.165, 1.54) is 22.4 Å². The van der Waals surface area contributed by atoms with Gasteiger partial charge in [0.25, 0.3) is 0 Å². The van der Waals surface area contributed by atoms with Crippen molar-refractivity contribution in [2.24, 2.45) is 0 Å². The summed E-state index contributed by atoms with van der Waals surface area (Å²) in [5.41, 5.74) is 6.46. The van der Waals surface area contributed by atoms with Crippen molar-refractivity contribution >= 4 is 11.4 Å². The van der Waals surface area contributed by atoms with Crippen LogP contribution >= 0.6 is 0 Å². The van der Waals surface area contributed by atoms with Gasteiger partial charge in [-0.3, -0.25) is 0 Å². The predicted octanol–water partition coefficient (Wildman–Crippen LogP) is 5.34. The van der Waals surface area contributed by atoms with Crippen LogP contribution < -0.4 is 5.32 Å². The molecule has 0 bridgehead atoms. The standard InChI is InChI=1S/C18H23N/c1-13-8-6-9-14(2)17(13)19-16-11-7-10-15(12-16)18(3,4)5/h6-12,19H,1-5H3. The lowest BCUT2D eigenvalue weighted by molar-refractivity contribution is 0.590. The lowest BCUT2D eigenvalue weighted by Gasteiger charge is -2.20. The minimum Gasteiger partial charge on any atom is -0.355 e. The van der Waals surface area contributed by atoms with Crippen molar-refractivity contribution in [1.82, 2.24) is 0 Å². The Morgan fingerprint density at radius 2 is 1.42 bits per heavy atom. The Hall–Kier alpha value is -1.76. The Morgan fingerprint density at radius 3 is 2.00 bits per heavy atom. The van der Waals surface area contributed by atoms with Gasteiger partial charge < -0.3 is 5.32 Å². The molecule has 0 saturated carbocycles. The molecule has 0 saturated heterocycles.